The molecule has 2 N–H and O–H groups in total. The number of aliphatic imine (C=N–C) groups is 1. The van der Waals surface area contributed by atoms with Crippen LogP contribution < -0.4 is 10.6 Å². The molecule has 0 bridgehead atoms. The quantitative estimate of drug-likeness (QED) is 0.648. The Labute approximate surface area is 149 Å². The molecule has 1 aromatic carbocycles. The van der Waals surface area contributed by atoms with Crippen molar-refractivity contribution in [2.75, 3.05) is 13.1 Å². The van der Waals surface area contributed by atoms with E-state index in [-0.39, 0.29) is 6.04 Å². The predicted octanol–water partition coefficient (Wildman–Crippen LogP) is 2.53. The van der Waals surface area contributed by atoms with Crippen LogP contribution >= 0.6 is 0 Å². The van der Waals surface area contributed by atoms with Crippen molar-refractivity contribution in [3.05, 3.63) is 47.0 Å². The molecule has 0 saturated carbocycles. The molecule has 2 heterocycles. The Morgan fingerprint density at radius 2 is 2.08 bits per heavy atom. The number of hydrogen-bond acceptors (Lipinski definition) is 3. The topological polar surface area (TPSA) is 67.1 Å². The first-order valence-electron chi connectivity index (χ1n) is 9.17. The lowest BCUT2D eigenvalue weighted by molar-refractivity contribution is 0.397. The third kappa shape index (κ3) is 4.59. The number of fused-ring (bicyclic) bond motifs is 1. The van der Waals surface area contributed by atoms with Crippen LogP contribution in [-0.2, 0) is 13.0 Å². The minimum Gasteiger partial charge on any atom is -0.357 e. The fourth-order valence-corrected chi connectivity index (χ4v) is 3.14. The molecule has 1 aliphatic rings. The number of nitrogens with zero attached hydrogens (tertiary/aromatic N) is 4. The molecule has 0 amide bonds. The molecular formula is C19H28N6. The third-order valence-electron chi connectivity index (χ3n) is 4.43. The van der Waals surface area contributed by atoms with Gasteiger partial charge in [-0.1, -0.05) is 29.8 Å². The van der Waals surface area contributed by atoms with E-state index in [1.165, 1.54) is 11.1 Å². The minimum atomic E-state index is 0.173. The summed E-state index contributed by atoms with van der Waals surface area (Å²) in [5.74, 6) is 2.71. The molecule has 1 atom stereocenters. The molecule has 1 aromatic heterocycles. The zero-order valence-corrected chi connectivity index (χ0v) is 15.4. The van der Waals surface area contributed by atoms with Gasteiger partial charge in [0.25, 0.3) is 0 Å². The molecule has 3 rings (SSSR count). The maximum atomic E-state index is 4.74. The van der Waals surface area contributed by atoms with Crippen LogP contribution in [0.3, 0.4) is 0 Å². The van der Waals surface area contributed by atoms with Gasteiger partial charge in [0.15, 0.2) is 5.96 Å². The maximum Gasteiger partial charge on any atom is 0.191 e. The first kappa shape index (κ1) is 17.5. The van der Waals surface area contributed by atoms with E-state index in [1.54, 1.807) is 0 Å². The van der Waals surface area contributed by atoms with Gasteiger partial charge in [-0.05, 0) is 45.6 Å². The van der Waals surface area contributed by atoms with E-state index in [0.717, 1.165) is 56.5 Å². The van der Waals surface area contributed by atoms with Crippen molar-refractivity contribution < 1.29 is 0 Å². The summed E-state index contributed by atoms with van der Waals surface area (Å²) in [6.45, 7) is 8.70. The molecule has 2 aromatic rings. The average Bonchev–Trinajstić information content (AvgIpc) is 2.98. The highest BCUT2D eigenvalue weighted by molar-refractivity contribution is 5.80. The van der Waals surface area contributed by atoms with Crippen molar-refractivity contribution in [3.63, 3.8) is 0 Å². The molecular weight excluding hydrogens is 312 g/mol. The van der Waals surface area contributed by atoms with Crippen molar-refractivity contribution in [2.24, 2.45) is 4.99 Å². The molecule has 1 unspecified atom stereocenters. The Morgan fingerprint density at radius 3 is 2.84 bits per heavy atom. The van der Waals surface area contributed by atoms with Crippen LogP contribution in [0.5, 0.6) is 0 Å². The van der Waals surface area contributed by atoms with Gasteiger partial charge in [-0.2, -0.15) is 5.10 Å². The van der Waals surface area contributed by atoms with Gasteiger partial charge in [0.05, 0.1) is 6.04 Å². The van der Waals surface area contributed by atoms with Crippen molar-refractivity contribution in [3.8, 4) is 0 Å². The van der Waals surface area contributed by atoms with Crippen LogP contribution in [0.1, 0.15) is 48.6 Å². The number of hydrogen-bond donors (Lipinski definition) is 2. The van der Waals surface area contributed by atoms with Gasteiger partial charge < -0.3 is 10.6 Å². The van der Waals surface area contributed by atoms with Crippen molar-refractivity contribution in [2.45, 2.75) is 52.6 Å². The van der Waals surface area contributed by atoms with Gasteiger partial charge in [-0.3, -0.25) is 4.99 Å². The Balaban J connectivity index is 1.63. The van der Waals surface area contributed by atoms with E-state index in [4.69, 9.17) is 4.99 Å². The highest BCUT2D eigenvalue weighted by atomic mass is 15.4. The van der Waals surface area contributed by atoms with E-state index < -0.39 is 0 Å². The number of guanidine groups is 1. The van der Waals surface area contributed by atoms with Crippen molar-refractivity contribution >= 4 is 5.96 Å². The van der Waals surface area contributed by atoms with E-state index in [0.29, 0.717) is 0 Å². The van der Waals surface area contributed by atoms with Crippen molar-refractivity contribution in [1.82, 2.24) is 25.4 Å². The Hall–Kier alpha value is -2.37. The van der Waals surface area contributed by atoms with Gasteiger partial charge in [-0.15, -0.1) is 0 Å². The fraction of sp³-hybridized carbons (Fsp3) is 0.526. The second kappa shape index (κ2) is 8.14. The molecule has 6 heteroatoms. The number of benzene rings is 1. The largest absolute Gasteiger partial charge is 0.357 e. The second-order valence-electron chi connectivity index (χ2n) is 6.58. The summed E-state index contributed by atoms with van der Waals surface area (Å²) >= 11 is 0. The molecule has 1 aliphatic heterocycles. The van der Waals surface area contributed by atoms with Crippen LogP contribution in [0.2, 0.25) is 0 Å². The summed E-state index contributed by atoms with van der Waals surface area (Å²) in [5.41, 5.74) is 2.61. The highest BCUT2D eigenvalue weighted by Gasteiger charge is 2.24. The molecule has 0 fully saturated rings. The van der Waals surface area contributed by atoms with Crippen LogP contribution in [0, 0.1) is 13.8 Å². The molecule has 0 spiro atoms. The Morgan fingerprint density at radius 1 is 1.28 bits per heavy atom. The van der Waals surface area contributed by atoms with Crippen LogP contribution in [0.15, 0.2) is 29.3 Å². The van der Waals surface area contributed by atoms with Crippen LogP contribution in [0.4, 0.5) is 0 Å². The average molecular weight is 340 g/mol. The minimum absolute atomic E-state index is 0.173. The van der Waals surface area contributed by atoms with Crippen LogP contribution in [0.25, 0.3) is 0 Å². The van der Waals surface area contributed by atoms with Gasteiger partial charge >= 0.3 is 0 Å². The highest BCUT2D eigenvalue weighted by Crippen LogP contribution is 2.22. The Kier molecular flexibility index (Phi) is 5.68. The van der Waals surface area contributed by atoms with Gasteiger partial charge in [0.1, 0.15) is 11.6 Å². The SMILES string of the molecule is CCNC(=NCCc1ccc(C)cc1)NC1CCCn2nc(C)nc21. The molecule has 6 nitrogen and oxygen atoms in total. The molecule has 134 valence electrons. The van der Waals surface area contributed by atoms with Crippen molar-refractivity contribution in [1.29, 1.82) is 0 Å². The summed E-state index contributed by atoms with van der Waals surface area (Å²) in [4.78, 5) is 9.33. The zero-order valence-electron chi connectivity index (χ0n) is 15.4. The van der Waals surface area contributed by atoms with E-state index in [2.05, 4.69) is 58.8 Å². The van der Waals surface area contributed by atoms with Crippen LogP contribution in [-0.4, -0.2) is 33.8 Å². The zero-order chi connectivity index (χ0) is 17.6. The van der Waals surface area contributed by atoms with E-state index in [9.17, 15) is 0 Å². The van der Waals surface area contributed by atoms with E-state index >= 15 is 0 Å². The number of nitrogens with one attached hydrogen (secondary N) is 2. The maximum absolute atomic E-state index is 4.74. The number of aromatic nitrogens is 3. The van der Waals surface area contributed by atoms with E-state index in [1.807, 2.05) is 11.6 Å². The van der Waals surface area contributed by atoms with Gasteiger partial charge in [0, 0.05) is 19.6 Å². The first-order chi connectivity index (χ1) is 12.2. The lowest BCUT2D eigenvalue weighted by atomic mass is 10.1. The number of aryl methyl sites for hydroxylation is 3. The normalized spacial score (nSPS) is 17.2. The summed E-state index contributed by atoms with van der Waals surface area (Å²) in [5, 5.41) is 11.4. The molecule has 25 heavy (non-hydrogen) atoms. The molecule has 0 radical (unpaired) electrons. The lowest BCUT2D eigenvalue weighted by Crippen LogP contribution is -2.41. The summed E-state index contributed by atoms with van der Waals surface area (Å²) in [6.07, 6.45) is 3.10. The fourth-order valence-electron chi connectivity index (χ4n) is 3.14. The first-order valence-corrected chi connectivity index (χ1v) is 9.17. The standard InChI is InChI=1S/C19H28N6/c1-4-20-19(21-12-11-16-9-7-14(2)8-10-16)23-17-6-5-13-25-18(17)22-15(3)24-25/h7-10,17H,4-6,11-13H2,1-3H3,(H2,20,21,23). The number of rotatable bonds is 5. The molecule has 0 saturated heterocycles. The molecule has 0 aliphatic carbocycles. The van der Waals surface area contributed by atoms with Gasteiger partial charge in [-0.25, -0.2) is 9.67 Å². The summed E-state index contributed by atoms with van der Waals surface area (Å²) < 4.78 is 2.02. The summed E-state index contributed by atoms with van der Waals surface area (Å²) in [7, 11) is 0. The third-order valence-corrected chi connectivity index (χ3v) is 4.43. The monoisotopic (exact) mass is 340 g/mol. The summed E-state index contributed by atoms with van der Waals surface area (Å²) in [6, 6.07) is 8.83. The Bertz CT molecular complexity index is 716. The predicted molar refractivity (Wildman–Crippen MR) is 101 cm³/mol. The lowest BCUT2D eigenvalue weighted by Gasteiger charge is -2.25. The smallest absolute Gasteiger partial charge is 0.191 e. The van der Waals surface area contributed by atoms with Gasteiger partial charge in [0.2, 0.25) is 0 Å². The second-order valence-corrected chi connectivity index (χ2v) is 6.58.